The Hall–Kier alpha value is -2.41. The van der Waals surface area contributed by atoms with Gasteiger partial charge in [0.05, 0.1) is 23.1 Å². The van der Waals surface area contributed by atoms with Crippen LogP contribution in [0.1, 0.15) is 11.3 Å². The zero-order valence-corrected chi connectivity index (χ0v) is 14.3. The van der Waals surface area contributed by atoms with Crippen LogP contribution in [0, 0.1) is 0 Å². The molecule has 0 saturated carbocycles. The van der Waals surface area contributed by atoms with E-state index in [4.69, 9.17) is 0 Å². The number of amides is 2. The lowest BCUT2D eigenvalue weighted by molar-refractivity contribution is -0.120. The monoisotopic (exact) mass is 376 g/mol. The van der Waals surface area contributed by atoms with E-state index in [0.717, 1.165) is 15.7 Å². The summed E-state index contributed by atoms with van der Waals surface area (Å²) in [5.74, 6) is -0.359. The molecule has 2 N–H and O–H groups in total. The Balaban J connectivity index is 1.86. The van der Waals surface area contributed by atoms with Gasteiger partial charge in [0.15, 0.2) is 0 Å². The number of hydrogen-bond acceptors (Lipinski definition) is 3. The van der Waals surface area contributed by atoms with Crippen LogP contribution in [0.3, 0.4) is 0 Å². The van der Waals surface area contributed by atoms with Crippen molar-refractivity contribution in [2.75, 3.05) is 5.32 Å². The second kappa shape index (κ2) is 7.73. The summed E-state index contributed by atoms with van der Waals surface area (Å²) in [4.78, 5) is 23.2. The van der Waals surface area contributed by atoms with Crippen LogP contribution < -0.4 is 10.6 Å². The molecule has 0 saturated heterocycles. The highest BCUT2D eigenvalue weighted by molar-refractivity contribution is 9.10. The van der Waals surface area contributed by atoms with Crippen LogP contribution in [0.4, 0.5) is 5.69 Å². The number of aryl methyl sites for hydroxylation is 1. The highest BCUT2D eigenvalue weighted by Gasteiger charge is 2.08. The van der Waals surface area contributed by atoms with Crippen LogP contribution >= 0.6 is 15.9 Å². The molecule has 2 rings (SSSR count). The van der Waals surface area contributed by atoms with E-state index < -0.39 is 0 Å². The van der Waals surface area contributed by atoms with E-state index in [0.29, 0.717) is 12.2 Å². The third-order valence-corrected chi connectivity index (χ3v) is 3.74. The van der Waals surface area contributed by atoms with E-state index in [1.807, 2.05) is 13.2 Å². The first-order valence-electron chi connectivity index (χ1n) is 6.95. The van der Waals surface area contributed by atoms with Gasteiger partial charge < -0.3 is 10.6 Å². The number of anilines is 1. The lowest BCUT2D eigenvalue weighted by Gasteiger charge is -2.06. The normalized spacial score (nSPS) is 10.2. The third kappa shape index (κ3) is 5.07. The van der Waals surface area contributed by atoms with Gasteiger partial charge in [0.25, 0.3) is 0 Å². The van der Waals surface area contributed by atoms with Crippen molar-refractivity contribution in [3.05, 3.63) is 58.8 Å². The Kier molecular flexibility index (Phi) is 5.70. The molecule has 1 aromatic heterocycles. The first-order valence-corrected chi connectivity index (χ1v) is 7.74. The van der Waals surface area contributed by atoms with Crippen LogP contribution in [-0.4, -0.2) is 21.6 Å². The maximum atomic E-state index is 12.0. The summed E-state index contributed by atoms with van der Waals surface area (Å²) in [6.45, 7) is 3.76. The average molecular weight is 377 g/mol. The molecule has 0 atom stereocenters. The van der Waals surface area contributed by atoms with E-state index in [1.54, 1.807) is 28.9 Å². The van der Waals surface area contributed by atoms with Crippen molar-refractivity contribution in [1.82, 2.24) is 15.1 Å². The van der Waals surface area contributed by atoms with Crippen molar-refractivity contribution in [3.8, 4) is 0 Å². The van der Waals surface area contributed by atoms with Gasteiger partial charge in [-0.05, 0) is 39.7 Å². The van der Waals surface area contributed by atoms with Gasteiger partial charge in [0.2, 0.25) is 11.8 Å². The molecular weight excluding hydrogens is 360 g/mol. The van der Waals surface area contributed by atoms with Gasteiger partial charge in [-0.15, -0.1) is 0 Å². The summed E-state index contributed by atoms with van der Waals surface area (Å²) in [6.07, 6.45) is 3.30. The molecule has 7 heteroatoms. The van der Waals surface area contributed by atoms with Crippen LogP contribution in [0.25, 0.3) is 0 Å². The van der Waals surface area contributed by atoms with Crippen molar-refractivity contribution in [2.24, 2.45) is 7.05 Å². The van der Waals surface area contributed by atoms with Gasteiger partial charge in [-0.1, -0.05) is 18.7 Å². The second-order valence-corrected chi connectivity index (χ2v) is 5.80. The van der Waals surface area contributed by atoms with Gasteiger partial charge in [-0.2, -0.15) is 5.10 Å². The summed E-state index contributed by atoms with van der Waals surface area (Å²) in [5, 5.41) is 9.73. The van der Waals surface area contributed by atoms with Gasteiger partial charge in [0.1, 0.15) is 0 Å². The van der Waals surface area contributed by atoms with Crippen LogP contribution in [-0.2, 0) is 29.6 Å². The quantitative estimate of drug-likeness (QED) is 0.758. The van der Waals surface area contributed by atoms with E-state index >= 15 is 0 Å². The standard InChI is InChI=1S/C16H17BrN4O2/c1-3-15(22)19-12-6-4-11(5-7-12)8-16(23)18-9-14-13(17)10-21(2)20-14/h3-7,10H,1,8-9H2,2H3,(H,18,23)(H,19,22). The highest BCUT2D eigenvalue weighted by atomic mass is 79.9. The van der Waals surface area contributed by atoms with E-state index in [1.165, 1.54) is 6.08 Å². The first-order chi connectivity index (χ1) is 11.0. The molecule has 0 radical (unpaired) electrons. The van der Waals surface area contributed by atoms with Crippen molar-refractivity contribution < 1.29 is 9.59 Å². The molecular formula is C16H17BrN4O2. The second-order valence-electron chi connectivity index (χ2n) is 4.94. The van der Waals surface area contributed by atoms with Crippen LogP contribution in [0.2, 0.25) is 0 Å². The molecule has 0 spiro atoms. The molecule has 0 bridgehead atoms. The number of rotatable bonds is 6. The minimum absolute atomic E-state index is 0.0922. The molecule has 0 unspecified atom stereocenters. The van der Waals surface area contributed by atoms with Crippen molar-refractivity contribution >= 4 is 33.4 Å². The number of hydrogen-bond donors (Lipinski definition) is 2. The zero-order chi connectivity index (χ0) is 16.8. The number of benzene rings is 1. The summed E-state index contributed by atoms with van der Waals surface area (Å²) in [7, 11) is 1.82. The lowest BCUT2D eigenvalue weighted by atomic mass is 10.1. The molecule has 23 heavy (non-hydrogen) atoms. The SMILES string of the molecule is C=CC(=O)Nc1ccc(CC(=O)NCc2nn(C)cc2Br)cc1. The Morgan fingerprint density at radius 2 is 2.04 bits per heavy atom. The Labute approximate surface area is 142 Å². The first kappa shape index (κ1) is 17.0. The maximum Gasteiger partial charge on any atom is 0.247 e. The molecule has 0 fully saturated rings. The van der Waals surface area contributed by atoms with Crippen LogP contribution in [0.15, 0.2) is 47.6 Å². The molecule has 6 nitrogen and oxygen atoms in total. The summed E-state index contributed by atoms with van der Waals surface area (Å²) >= 11 is 3.39. The molecule has 0 aliphatic heterocycles. The van der Waals surface area contributed by atoms with Gasteiger partial charge in [-0.3, -0.25) is 14.3 Å². The van der Waals surface area contributed by atoms with E-state index in [9.17, 15) is 9.59 Å². The Morgan fingerprint density at radius 3 is 2.61 bits per heavy atom. The summed E-state index contributed by atoms with van der Waals surface area (Å²) in [5.41, 5.74) is 2.30. The smallest absolute Gasteiger partial charge is 0.247 e. The number of halogens is 1. The number of carbonyl (C=O) groups is 2. The van der Waals surface area contributed by atoms with Gasteiger partial charge >= 0.3 is 0 Å². The predicted octanol–water partition coefficient (Wildman–Crippen LogP) is 2.17. The van der Waals surface area contributed by atoms with Gasteiger partial charge in [0, 0.05) is 18.9 Å². The van der Waals surface area contributed by atoms with Crippen LogP contribution in [0.5, 0.6) is 0 Å². The average Bonchev–Trinajstić information content (AvgIpc) is 2.85. The molecule has 1 heterocycles. The molecule has 0 aliphatic carbocycles. The predicted molar refractivity (Wildman–Crippen MR) is 91.7 cm³/mol. The van der Waals surface area contributed by atoms with Crippen molar-refractivity contribution in [2.45, 2.75) is 13.0 Å². The molecule has 0 aliphatic rings. The number of nitrogens with zero attached hydrogens (tertiary/aromatic N) is 2. The third-order valence-electron chi connectivity index (χ3n) is 3.08. The Bertz CT molecular complexity index is 722. The van der Waals surface area contributed by atoms with Gasteiger partial charge in [-0.25, -0.2) is 0 Å². The highest BCUT2D eigenvalue weighted by Crippen LogP contribution is 2.14. The summed E-state index contributed by atoms with van der Waals surface area (Å²) < 4.78 is 2.55. The number of aromatic nitrogens is 2. The number of carbonyl (C=O) groups excluding carboxylic acids is 2. The largest absolute Gasteiger partial charge is 0.350 e. The topological polar surface area (TPSA) is 76.0 Å². The van der Waals surface area contributed by atoms with Crippen molar-refractivity contribution in [3.63, 3.8) is 0 Å². The minimum Gasteiger partial charge on any atom is -0.350 e. The molecule has 2 amide bonds. The summed E-state index contributed by atoms with van der Waals surface area (Å²) in [6, 6.07) is 7.10. The van der Waals surface area contributed by atoms with E-state index in [2.05, 4.69) is 38.2 Å². The fourth-order valence-corrected chi connectivity index (χ4v) is 2.47. The minimum atomic E-state index is -0.267. The Morgan fingerprint density at radius 1 is 1.35 bits per heavy atom. The molecule has 120 valence electrons. The fourth-order valence-electron chi connectivity index (χ4n) is 1.95. The zero-order valence-electron chi connectivity index (χ0n) is 12.7. The fraction of sp³-hybridized carbons (Fsp3) is 0.188. The maximum absolute atomic E-state index is 12.0. The lowest BCUT2D eigenvalue weighted by Crippen LogP contribution is -2.25. The molecule has 1 aromatic carbocycles. The number of nitrogens with one attached hydrogen (secondary N) is 2. The van der Waals surface area contributed by atoms with Crippen molar-refractivity contribution in [1.29, 1.82) is 0 Å². The van der Waals surface area contributed by atoms with E-state index in [-0.39, 0.29) is 18.2 Å². The molecule has 2 aromatic rings.